The molecule has 3 heteroatoms. The topological polar surface area (TPSA) is 40.5 Å². The molecule has 17 heavy (non-hydrogen) atoms. The first-order chi connectivity index (χ1) is 8.16. The summed E-state index contributed by atoms with van der Waals surface area (Å²) in [4.78, 5) is 13.5. The van der Waals surface area contributed by atoms with Crippen LogP contribution in [0.15, 0.2) is 0 Å². The molecular weight excluding hydrogens is 214 g/mol. The summed E-state index contributed by atoms with van der Waals surface area (Å²) < 4.78 is 0. The van der Waals surface area contributed by atoms with Gasteiger partial charge in [0.15, 0.2) is 0 Å². The van der Waals surface area contributed by atoms with Crippen molar-refractivity contribution in [2.45, 2.75) is 57.9 Å². The Balaban J connectivity index is 1.99. The van der Waals surface area contributed by atoms with Crippen LogP contribution in [0.1, 0.15) is 51.9 Å². The van der Waals surface area contributed by atoms with E-state index >= 15 is 0 Å². The molecule has 0 radical (unpaired) electrons. The lowest BCUT2D eigenvalue weighted by Gasteiger charge is -2.37. The van der Waals surface area contributed by atoms with Gasteiger partial charge in [0.05, 0.1) is 6.42 Å². The monoisotopic (exact) mass is 239 g/mol. The van der Waals surface area contributed by atoms with E-state index in [4.69, 9.17) is 5.11 Å². The van der Waals surface area contributed by atoms with Gasteiger partial charge in [-0.15, -0.1) is 0 Å². The van der Waals surface area contributed by atoms with E-state index < -0.39 is 5.97 Å². The van der Waals surface area contributed by atoms with Crippen LogP contribution in [0.25, 0.3) is 0 Å². The zero-order chi connectivity index (χ0) is 12.3. The van der Waals surface area contributed by atoms with Gasteiger partial charge in [-0.3, -0.25) is 9.69 Å². The molecule has 2 rings (SSSR count). The highest BCUT2D eigenvalue weighted by Gasteiger charge is 2.33. The Kier molecular flexibility index (Phi) is 4.43. The summed E-state index contributed by atoms with van der Waals surface area (Å²) in [5, 5.41) is 9.11. The molecular formula is C14H25NO2. The van der Waals surface area contributed by atoms with Gasteiger partial charge in [-0.25, -0.2) is 0 Å². The van der Waals surface area contributed by atoms with Gasteiger partial charge in [-0.2, -0.15) is 0 Å². The number of carboxylic acids is 1. The molecule has 1 saturated carbocycles. The van der Waals surface area contributed by atoms with Crippen LogP contribution in [0.4, 0.5) is 0 Å². The molecule has 1 saturated heterocycles. The largest absolute Gasteiger partial charge is 0.481 e. The summed E-state index contributed by atoms with van der Waals surface area (Å²) >= 11 is 0. The zero-order valence-electron chi connectivity index (χ0n) is 10.9. The number of nitrogens with zero attached hydrogens (tertiary/aromatic N) is 1. The van der Waals surface area contributed by atoms with E-state index in [2.05, 4.69) is 11.8 Å². The fourth-order valence-corrected chi connectivity index (χ4v) is 3.68. The van der Waals surface area contributed by atoms with Crippen LogP contribution >= 0.6 is 0 Å². The number of carboxylic acid groups (broad SMARTS) is 1. The maximum Gasteiger partial charge on any atom is 0.304 e. The molecule has 1 aliphatic heterocycles. The lowest BCUT2D eigenvalue weighted by atomic mass is 9.77. The van der Waals surface area contributed by atoms with Crippen molar-refractivity contribution in [2.75, 3.05) is 13.1 Å². The third kappa shape index (κ3) is 3.44. The van der Waals surface area contributed by atoms with E-state index in [0.717, 1.165) is 19.0 Å². The summed E-state index contributed by atoms with van der Waals surface area (Å²) in [6.45, 7) is 4.54. The average Bonchev–Trinajstić information content (AvgIpc) is 2.79. The predicted molar refractivity (Wildman–Crippen MR) is 68.0 cm³/mol. The minimum absolute atomic E-state index is 0.303. The van der Waals surface area contributed by atoms with Crippen LogP contribution in [0.5, 0.6) is 0 Å². The minimum atomic E-state index is -0.625. The van der Waals surface area contributed by atoms with Gasteiger partial charge < -0.3 is 5.11 Å². The van der Waals surface area contributed by atoms with Gasteiger partial charge in [0.2, 0.25) is 0 Å². The Labute approximate surface area is 104 Å². The maximum absolute atomic E-state index is 11.1. The minimum Gasteiger partial charge on any atom is -0.481 e. The number of likely N-dealkylation sites (tertiary alicyclic amines) is 1. The van der Waals surface area contributed by atoms with Crippen molar-refractivity contribution in [3.05, 3.63) is 0 Å². The van der Waals surface area contributed by atoms with Crippen molar-refractivity contribution in [1.29, 1.82) is 0 Å². The summed E-state index contributed by atoms with van der Waals surface area (Å²) in [6, 6.07) is 0.303. The highest BCUT2D eigenvalue weighted by Crippen LogP contribution is 2.35. The second-order valence-electron chi connectivity index (χ2n) is 5.94. The number of hydrogen-bond donors (Lipinski definition) is 1. The summed E-state index contributed by atoms with van der Waals surface area (Å²) in [7, 11) is 0. The zero-order valence-corrected chi connectivity index (χ0v) is 10.9. The molecule has 2 aliphatic rings. The first-order valence-electron chi connectivity index (χ1n) is 7.12. The van der Waals surface area contributed by atoms with Crippen molar-refractivity contribution in [1.82, 2.24) is 4.90 Å². The van der Waals surface area contributed by atoms with E-state index in [1.165, 1.54) is 38.5 Å². The van der Waals surface area contributed by atoms with Crippen LogP contribution < -0.4 is 0 Å². The lowest BCUT2D eigenvalue weighted by Crippen LogP contribution is -2.42. The Morgan fingerprint density at radius 2 is 2.00 bits per heavy atom. The normalized spacial score (nSPS) is 32.5. The number of hydrogen-bond acceptors (Lipinski definition) is 2. The molecule has 0 aromatic rings. The standard InChI is InChI=1S/C14H25NO2/c1-11-5-4-6-12(9-11)13(10-14(16)17)15-7-2-3-8-15/h11-13H,2-10H2,1H3,(H,16,17). The lowest BCUT2D eigenvalue weighted by molar-refractivity contribution is -0.139. The predicted octanol–water partition coefficient (Wildman–Crippen LogP) is 2.75. The molecule has 1 aliphatic carbocycles. The van der Waals surface area contributed by atoms with E-state index in [1.807, 2.05) is 0 Å². The quantitative estimate of drug-likeness (QED) is 0.820. The van der Waals surface area contributed by atoms with Crippen LogP contribution in [0.2, 0.25) is 0 Å². The third-order valence-corrected chi connectivity index (χ3v) is 4.51. The van der Waals surface area contributed by atoms with Crippen molar-refractivity contribution >= 4 is 5.97 Å². The van der Waals surface area contributed by atoms with Crippen LogP contribution in [0, 0.1) is 11.8 Å². The second-order valence-corrected chi connectivity index (χ2v) is 5.94. The van der Waals surface area contributed by atoms with Gasteiger partial charge in [-0.1, -0.05) is 19.8 Å². The van der Waals surface area contributed by atoms with Crippen LogP contribution in [0.3, 0.4) is 0 Å². The fourth-order valence-electron chi connectivity index (χ4n) is 3.68. The van der Waals surface area contributed by atoms with E-state index in [-0.39, 0.29) is 0 Å². The van der Waals surface area contributed by atoms with Gasteiger partial charge >= 0.3 is 5.97 Å². The van der Waals surface area contributed by atoms with Gasteiger partial charge in [0, 0.05) is 6.04 Å². The fraction of sp³-hybridized carbons (Fsp3) is 0.929. The Morgan fingerprint density at radius 1 is 1.29 bits per heavy atom. The summed E-state index contributed by atoms with van der Waals surface area (Å²) in [5.74, 6) is 0.778. The first-order valence-corrected chi connectivity index (χ1v) is 7.12. The highest BCUT2D eigenvalue weighted by molar-refractivity contribution is 5.67. The number of rotatable bonds is 4. The molecule has 0 bridgehead atoms. The molecule has 0 aromatic heterocycles. The van der Waals surface area contributed by atoms with E-state index in [9.17, 15) is 4.79 Å². The SMILES string of the molecule is CC1CCCC(C(CC(=O)O)N2CCCC2)C1. The van der Waals surface area contributed by atoms with E-state index in [1.54, 1.807) is 0 Å². The third-order valence-electron chi connectivity index (χ3n) is 4.51. The molecule has 0 spiro atoms. The molecule has 1 N–H and O–H groups in total. The molecule has 0 aromatic carbocycles. The number of aliphatic carboxylic acids is 1. The van der Waals surface area contributed by atoms with Crippen LogP contribution in [-0.2, 0) is 4.79 Å². The van der Waals surface area contributed by atoms with Gasteiger partial charge in [0.1, 0.15) is 0 Å². The molecule has 98 valence electrons. The molecule has 3 nitrogen and oxygen atoms in total. The summed E-state index contributed by atoms with van der Waals surface area (Å²) in [5.41, 5.74) is 0. The van der Waals surface area contributed by atoms with Crippen molar-refractivity contribution in [3.8, 4) is 0 Å². The van der Waals surface area contributed by atoms with Crippen LogP contribution in [-0.4, -0.2) is 35.1 Å². The highest BCUT2D eigenvalue weighted by atomic mass is 16.4. The molecule has 2 fully saturated rings. The molecule has 3 unspecified atom stereocenters. The van der Waals surface area contributed by atoms with Crippen molar-refractivity contribution in [3.63, 3.8) is 0 Å². The van der Waals surface area contributed by atoms with Crippen molar-refractivity contribution < 1.29 is 9.90 Å². The first kappa shape index (κ1) is 12.9. The average molecular weight is 239 g/mol. The van der Waals surface area contributed by atoms with E-state index in [0.29, 0.717) is 18.4 Å². The molecule has 0 amide bonds. The van der Waals surface area contributed by atoms with Crippen molar-refractivity contribution in [2.24, 2.45) is 11.8 Å². The maximum atomic E-state index is 11.1. The smallest absolute Gasteiger partial charge is 0.304 e. The summed E-state index contributed by atoms with van der Waals surface area (Å²) in [6.07, 6.45) is 7.92. The Hall–Kier alpha value is -0.570. The second kappa shape index (κ2) is 5.85. The number of carbonyl (C=O) groups is 1. The molecule has 3 atom stereocenters. The molecule has 1 heterocycles. The Morgan fingerprint density at radius 3 is 2.59 bits per heavy atom. The van der Waals surface area contributed by atoms with Gasteiger partial charge in [0.25, 0.3) is 0 Å². The Bertz CT molecular complexity index is 261. The van der Waals surface area contributed by atoms with Gasteiger partial charge in [-0.05, 0) is 50.6 Å².